The van der Waals surface area contributed by atoms with Crippen molar-refractivity contribution in [2.45, 2.75) is 19.3 Å². The van der Waals surface area contributed by atoms with Crippen LogP contribution in [0, 0.1) is 0 Å². The highest BCUT2D eigenvalue weighted by Gasteiger charge is 2.38. The fourth-order valence-corrected chi connectivity index (χ4v) is 8.31. The van der Waals surface area contributed by atoms with E-state index in [9.17, 15) is 0 Å². The maximum absolute atomic E-state index is 5.34. The number of benzene rings is 7. The standard InChI is InChI=1S/C47H33N3/c1-47(2)39-24-11-8-23-37(39)44-38(28-31-17-6-7-20-34(31)45(44)47)41-29-40(48-46(49-41)30-15-4-3-5-16-30)32-18-14-19-33(27-32)50-42-25-12-9-21-35(42)36-22-10-13-26-43(36)50/h3-29H,1-2H3. The number of aromatic nitrogens is 3. The van der Waals surface area contributed by atoms with Gasteiger partial charge in [0, 0.05) is 38.6 Å². The molecule has 0 saturated heterocycles. The van der Waals surface area contributed by atoms with Crippen molar-refractivity contribution in [3.63, 3.8) is 0 Å². The fraction of sp³-hybridized carbons (Fsp3) is 0.0638. The van der Waals surface area contributed by atoms with E-state index in [1.165, 1.54) is 54.8 Å². The Bertz CT molecular complexity index is 2730. The summed E-state index contributed by atoms with van der Waals surface area (Å²) in [7, 11) is 0. The van der Waals surface area contributed by atoms with Crippen LogP contribution in [0.1, 0.15) is 25.0 Å². The topological polar surface area (TPSA) is 30.7 Å². The lowest BCUT2D eigenvalue weighted by Crippen LogP contribution is -2.15. The molecule has 0 bridgehead atoms. The summed E-state index contributed by atoms with van der Waals surface area (Å²) in [6.45, 7) is 4.71. The van der Waals surface area contributed by atoms with Crippen LogP contribution in [0.2, 0.25) is 0 Å². The van der Waals surface area contributed by atoms with Gasteiger partial charge in [-0.25, -0.2) is 9.97 Å². The first kappa shape index (κ1) is 28.7. The summed E-state index contributed by atoms with van der Waals surface area (Å²) < 4.78 is 2.36. The lowest BCUT2D eigenvalue weighted by molar-refractivity contribution is 0.666. The Balaban J connectivity index is 1.24. The van der Waals surface area contributed by atoms with E-state index in [4.69, 9.17) is 9.97 Å². The number of para-hydroxylation sites is 2. The zero-order chi connectivity index (χ0) is 33.4. The summed E-state index contributed by atoms with van der Waals surface area (Å²) in [5.74, 6) is 0.716. The van der Waals surface area contributed by atoms with E-state index in [0.717, 1.165) is 33.8 Å². The van der Waals surface area contributed by atoms with Gasteiger partial charge in [0.2, 0.25) is 0 Å². The average Bonchev–Trinajstić information content (AvgIpc) is 3.64. The zero-order valence-electron chi connectivity index (χ0n) is 27.9. The van der Waals surface area contributed by atoms with E-state index in [-0.39, 0.29) is 5.41 Å². The molecule has 0 aliphatic heterocycles. The molecule has 50 heavy (non-hydrogen) atoms. The van der Waals surface area contributed by atoms with E-state index in [1.54, 1.807) is 0 Å². The first-order valence-corrected chi connectivity index (χ1v) is 17.3. The van der Waals surface area contributed by atoms with Crippen molar-refractivity contribution in [2.24, 2.45) is 0 Å². The first-order valence-electron chi connectivity index (χ1n) is 17.3. The number of fused-ring (bicyclic) bond motifs is 8. The average molecular weight is 640 g/mol. The van der Waals surface area contributed by atoms with Crippen molar-refractivity contribution >= 4 is 32.6 Å². The second-order valence-corrected chi connectivity index (χ2v) is 13.8. The van der Waals surface area contributed by atoms with Crippen molar-refractivity contribution in [3.8, 4) is 50.7 Å². The fourth-order valence-electron chi connectivity index (χ4n) is 8.31. The third-order valence-corrected chi connectivity index (χ3v) is 10.6. The van der Waals surface area contributed by atoms with Gasteiger partial charge in [-0.15, -0.1) is 0 Å². The highest BCUT2D eigenvalue weighted by molar-refractivity contribution is 6.09. The second-order valence-electron chi connectivity index (χ2n) is 13.8. The Hall–Kier alpha value is -6.32. The molecule has 2 heterocycles. The zero-order valence-corrected chi connectivity index (χ0v) is 27.9. The van der Waals surface area contributed by atoms with E-state index < -0.39 is 0 Å². The summed E-state index contributed by atoms with van der Waals surface area (Å²) in [6.07, 6.45) is 0. The Kier molecular flexibility index (Phi) is 6.22. The highest BCUT2D eigenvalue weighted by atomic mass is 15.0. The summed E-state index contributed by atoms with van der Waals surface area (Å²) in [4.78, 5) is 10.6. The molecule has 236 valence electrons. The highest BCUT2D eigenvalue weighted by Crippen LogP contribution is 2.54. The van der Waals surface area contributed by atoms with Crippen molar-refractivity contribution in [1.82, 2.24) is 14.5 Å². The van der Waals surface area contributed by atoms with Gasteiger partial charge >= 0.3 is 0 Å². The monoisotopic (exact) mass is 639 g/mol. The van der Waals surface area contributed by atoms with Crippen LogP contribution in [0.3, 0.4) is 0 Å². The minimum Gasteiger partial charge on any atom is -0.309 e. The maximum Gasteiger partial charge on any atom is 0.160 e. The largest absolute Gasteiger partial charge is 0.309 e. The van der Waals surface area contributed by atoms with Gasteiger partial charge in [-0.1, -0.05) is 141 Å². The van der Waals surface area contributed by atoms with Crippen LogP contribution in [0.4, 0.5) is 0 Å². The molecule has 1 aliphatic rings. The number of nitrogens with zero attached hydrogens (tertiary/aromatic N) is 3. The molecule has 0 amide bonds. The lowest BCUT2D eigenvalue weighted by atomic mass is 9.79. The van der Waals surface area contributed by atoms with Crippen LogP contribution in [-0.4, -0.2) is 14.5 Å². The molecule has 2 aromatic heterocycles. The molecule has 7 aromatic carbocycles. The maximum atomic E-state index is 5.34. The van der Waals surface area contributed by atoms with Crippen LogP contribution in [-0.2, 0) is 5.41 Å². The minimum absolute atomic E-state index is 0.156. The molecule has 10 rings (SSSR count). The van der Waals surface area contributed by atoms with E-state index >= 15 is 0 Å². The molecular weight excluding hydrogens is 607 g/mol. The van der Waals surface area contributed by atoms with Crippen molar-refractivity contribution in [3.05, 3.63) is 175 Å². The van der Waals surface area contributed by atoms with Crippen LogP contribution in [0.15, 0.2) is 164 Å². The molecule has 0 fully saturated rings. The van der Waals surface area contributed by atoms with Crippen molar-refractivity contribution in [2.75, 3.05) is 0 Å². The van der Waals surface area contributed by atoms with Gasteiger partial charge in [0.25, 0.3) is 0 Å². The van der Waals surface area contributed by atoms with Gasteiger partial charge in [-0.2, -0.15) is 0 Å². The van der Waals surface area contributed by atoms with Gasteiger partial charge in [-0.3, -0.25) is 0 Å². The second kappa shape index (κ2) is 10.8. The van der Waals surface area contributed by atoms with Gasteiger partial charge in [0.15, 0.2) is 5.82 Å². The molecule has 0 unspecified atom stereocenters. The molecule has 0 saturated carbocycles. The van der Waals surface area contributed by atoms with Gasteiger partial charge in [0.1, 0.15) is 0 Å². The van der Waals surface area contributed by atoms with Crippen molar-refractivity contribution in [1.29, 1.82) is 0 Å². The van der Waals surface area contributed by atoms with Crippen LogP contribution < -0.4 is 0 Å². The van der Waals surface area contributed by atoms with Crippen LogP contribution >= 0.6 is 0 Å². The van der Waals surface area contributed by atoms with Gasteiger partial charge in [-0.05, 0) is 69.4 Å². The first-order chi connectivity index (χ1) is 24.6. The molecule has 1 aliphatic carbocycles. The number of hydrogen-bond acceptors (Lipinski definition) is 2. The molecule has 3 nitrogen and oxygen atoms in total. The minimum atomic E-state index is -0.156. The molecule has 0 N–H and O–H groups in total. The Morgan fingerprint density at radius 2 is 1.10 bits per heavy atom. The van der Waals surface area contributed by atoms with Crippen molar-refractivity contribution < 1.29 is 0 Å². The molecule has 3 heteroatoms. The third-order valence-electron chi connectivity index (χ3n) is 10.6. The van der Waals surface area contributed by atoms with E-state index in [1.807, 2.05) is 6.07 Å². The lowest BCUT2D eigenvalue weighted by Gasteiger charge is -2.24. The summed E-state index contributed by atoms with van der Waals surface area (Å²) >= 11 is 0. The molecular formula is C47H33N3. The smallest absolute Gasteiger partial charge is 0.160 e. The SMILES string of the molecule is CC1(C)c2ccccc2-c2c(-c3cc(-c4cccc(-n5c6ccccc6c6ccccc65)c4)nc(-c4ccccc4)n3)cc3ccccc3c21. The number of rotatable bonds is 4. The Morgan fingerprint density at radius 3 is 1.88 bits per heavy atom. The Morgan fingerprint density at radius 1 is 0.480 bits per heavy atom. The van der Waals surface area contributed by atoms with Gasteiger partial charge < -0.3 is 4.57 Å². The molecule has 9 aromatic rings. The molecule has 0 radical (unpaired) electrons. The molecule has 0 atom stereocenters. The van der Waals surface area contributed by atoms with Crippen LogP contribution in [0.5, 0.6) is 0 Å². The predicted molar refractivity (Wildman–Crippen MR) is 208 cm³/mol. The summed E-state index contributed by atoms with van der Waals surface area (Å²) in [5.41, 5.74) is 13.6. The van der Waals surface area contributed by atoms with Gasteiger partial charge in [0.05, 0.1) is 22.4 Å². The van der Waals surface area contributed by atoms with E-state index in [2.05, 4.69) is 176 Å². The number of hydrogen-bond donors (Lipinski definition) is 0. The predicted octanol–water partition coefficient (Wildman–Crippen LogP) is 12.0. The van der Waals surface area contributed by atoms with Crippen LogP contribution in [0.25, 0.3) is 83.3 Å². The quantitative estimate of drug-likeness (QED) is 0.192. The Labute approximate surface area is 291 Å². The molecule has 0 spiro atoms. The summed E-state index contributed by atoms with van der Waals surface area (Å²) in [6, 6.07) is 58.6. The summed E-state index contributed by atoms with van der Waals surface area (Å²) in [5, 5.41) is 5.01. The normalized spacial score (nSPS) is 13.2. The van der Waals surface area contributed by atoms with E-state index in [0.29, 0.717) is 5.82 Å². The third kappa shape index (κ3) is 4.23.